The van der Waals surface area contributed by atoms with Crippen molar-refractivity contribution < 1.29 is 4.79 Å². The van der Waals surface area contributed by atoms with E-state index in [0.717, 1.165) is 16.3 Å². The number of anilines is 1. The molecular formula is C17H11Cl3N4O. The van der Waals surface area contributed by atoms with Crippen molar-refractivity contribution in [1.29, 1.82) is 0 Å². The fraction of sp³-hybridized carbons (Fsp3) is 0. The Balaban J connectivity index is 1.84. The van der Waals surface area contributed by atoms with Crippen LogP contribution in [0.3, 0.4) is 0 Å². The molecule has 3 N–H and O–H groups in total. The van der Waals surface area contributed by atoms with E-state index in [1.165, 1.54) is 6.21 Å². The number of benzene rings is 2. The van der Waals surface area contributed by atoms with Crippen LogP contribution in [0, 0.1) is 0 Å². The number of amides is 1. The van der Waals surface area contributed by atoms with E-state index < -0.39 is 5.91 Å². The van der Waals surface area contributed by atoms with Crippen LogP contribution in [0.5, 0.6) is 0 Å². The molecule has 0 aliphatic carbocycles. The first-order valence-corrected chi connectivity index (χ1v) is 8.23. The molecule has 126 valence electrons. The van der Waals surface area contributed by atoms with Gasteiger partial charge in [0.15, 0.2) is 10.8 Å². The van der Waals surface area contributed by atoms with Gasteiger partial charge in [-0.3, -0.25) is 4.79 Å². The summed E-state index contributed by atoms with van der Waals surface area (Å²) in [6.07, 6.45) is 1.54. The van der Waals surface area contributed by atoms with Gasteiger partial charge in [0, 0.05) is 5.56 Å². The van der Waals surface area contributed by atoms with Crippen molar-refractivity contribution >= 4 is 63.4 Å². The van der Waals surface area contributed by atoms with Gasteiger partial charge in [-0.05, 0) is 10.8 Å². The second kappa shape index (κ2) is 7.27. The number of nitrogens with two attached hydrogens (primary N) is 1. The van der Waals surface area contributed by atoms with Gasteiger partial charge in [0.1, 0.15) is 5.02 Å². The van der Waals surface area contributed by atoms with Gasteiger partial charge < -0.3 is 5.73 Å². The monoisotopic (exact) mass is 392 g/mol. The second-order valence-corrected chi connectivity index (χ2v) is 6.17. The molecule has 3 aromatic rings. The van der Waals surface area contributed by atoms with Gasteiger partial charge in [-0.1, -0.05) is 77.3 Å². The molecule has 0 spiro atoms. The van der Waals surface area contributed by atoms with Crippen LogP contribution in [0.1, 0.15) is 16.1 Å². The van der Waals surface area contributed by atoms with Crippen LogP contribution in [0.25, 0.3) is 10.8 Å². The van der Waals surface area contributed by atoms with Crippen molar-refractivity contribution in [3.63, 3.8) is 0 Å². The quantitative estimate of drug-likeness (QED) is 0.389. The van der Waals surface area contributed by atoms with Crippen LogP contribution in [0.15, 0.2) is 47.6 Å². The minimum absolute atomic E-state index is 0.00229. The van der Waals surface area contributed by atoms with Gasteiger partial charge >= 0.3 is 0 Å². The third kappa shape index (κ3) is 3.54. The number of hydrazone groups is 1. The predicted octanol–water partition coefficient (Wildman–Crippen LogP) is 4.54. The van der Waals surface area contributed by atoms with Gasteiger partial charge in [0.25, 0.3) is 5.91 Å². The van der Waals surface area contributed by atoms with E-state index in [2.05, 4.69) is 15.5 Å². The number of nitrogen functional groups attached to an aromatic ring is 1. The van der Waals surface area contributed by atoms with Gasteiger partial charge in [-0.15, -0.1) is 0 Å². The molecule has 25 heavy (non-hydrogen) atoms. The highest BCUT2D eigenvalue weighted by molar-refractivity contribution is 6.46. The summed E-state index contributed by atoms with van der Waals surface area (Å²) in [7, 11) is 0. The Morgan fingerprint density at radius 2 is 1.80 bits per heavy atom. The molecule has 1 heterocycles. The van der Waals surface area contributed by atoms with Gasteiger partial charge in [-0.25, -0.2) is 10.4 Å². The lowest BCUT2D eigenvalue weighted by Gasteiger charge is -2.07. The molecule has 0 radical (unpaired) electrons. The predicted molar refractivity (Wildman–Crippen MR) is 103 cm³/mol. The standard InChI is InChI=1S/C17H11Cl3N4O/c18-12-14(21)13(19)16(20)23-15(12)17(25)24-22-8-10-6-3-5-9-4-1-2-7-11(9)10/h1-8H,(H2,21,23)(H,24,25)/b22-8+. The molecule has 3 rings (SSSR count). The number of nitrogens with zero attached hydrogens (tertiary/aromatic N) is 2. The Morgan fingerprint density at radius 1 is 1.08 bits per heavy atom. The lowest BCUT2D eigenvalue weighted by atomic mass is 10.1. The molecule has 1 amide bonds. The zero-order valence-electron chi connectivity index (χ0n) is 12.6. The zero-order chi connectivity index (χ0) is 18.0. The van der Waals surface area contributed by atoms with Gasteiger partial charge in [0.2, 0.25) is 0 Å². The fourth-order valence-corrected chi connectivity index (χ4v) is 2.85. The Hall–Kier alpha value is -2.34. The minimum Gasteiger partial charge on any atom is -0.396 e. The Bertz CT molecular complexity index is 999. The molecule has 1 aromatic heterocycles. The molecule has 0 saturated heterocycles. The van der Waals surface area contributed by atoms with E-state index in [4.69, 9.17) is 40.5 Å². The van der Waals surface area contributed by atoms with Gasteiger partial charge in [-0.2, -0.15) is 5.10 Å². The number of hydrogen-bond acceptors (Lipinski definition) is 4. The minimum atomic E-state index is -0.647. The molecule has 0 atom stereocenters. The first-order valence-electron chi connectivity index (χ1n) is 7.10. The highest BCUT2D eigenvalue weighted by Gasteiger charge is 2.19. The number of pyridine rings is 1. The summed E-state index contributed by atoms with van der Waals surface area (Å²) >= 11 is 17.7. The zero-order valence-corrected chi connectivity index (χ0v) is 14.9. The topological polar surface area (TPSA) is 80.4 Å². The van der Waals surface area contributed by atoms with Crippen molar-refractivity contribution in [2.24, 2.45) is 5.10 Å². The van der Waals surface area contributed by atoms with Crippen LogP contribution >= 0.6 is 34.8 Å². The normalized spacial score (nSPS) is 11.2. The number of hydrogen-bond donors (Lipinski definition) is 2. The van der Waals surface area contributed by atoms with Crippen LogP contribution in [-0.4, -0.2) is 17.1 Å². The smallest absolute Gasteiger partial charge is 0.291 e. The molecule has 2 aromatic carbocycles. The lowest BCUT2D eigenvalue weighted by Crippen LogP contribution is -2.20. The average Bonchev–Trinajstić information content (AvgIpc) is 2.63. The highest BCUT2D eigenvalue weighted by Crippen LogP contribution is 2.34. The maximum absolute atomic E-state index is 12.2. The number of halogens is 3. The van der Waals surface area contributed by atoms with Crippen molar-refractivity contribution in [1.82, 2.24) is 10.4 Å². The molecule has 0 aliphatic heterocycles. The number of carbonyl (C=O) groups excluding carboxylic acids is 1. The van der Waals surface area contributed by atoms with Crippen molar-refractivity contribution in [3.8, 4) is 0 Å². The molecular weight excluding hydrogens is 383 g/mol. The van der Waals surface area contributed by atoms with E-state index >= 15 is 0 Å². The second-order valence-electron chi connectivity index (χ2n) is 5.06. The van der Waals surface area contributed by atoms with Crippen molar-refractivity contribution in [2.45, 2.75) is 0 Å². The first kappa shape index (κ1) is 17.5. The molecule has 0 aliphatic rings. The molecule has 0 fully saturated rings. The van der Waals surface area contributed by atoms with Crippen LogP contribution < -0.4 is 11.2 Å². The van der Waals surface area contributed by atoms with E-state index in [0.29, 0.717) is 0 Å². The summed E-state index contributed by atoms with van der Waals surface area (Å²) in [5.41, 5.74) is 8.75. The van der Waals surface area contributed by atoms with E-state index in [1.54, 1.807) is 0 Å². The van der Waals surface area contributed by atoms with E-state index in [-0.39, 0.29) is 26.6 Å². The molecule has 0 bridgehead atoms. The molecule has 5 nitrogen and oxygen atoms in total. The van der Waals surface area contributed by atoms with Crippen LogP contribution in [0.2, 0.25) is 15.2 Å². The number of carbonyl (C=O) groups is 1. The average molecular weight is 394 g/mol. The number of aromatic nitrogens is 1. The summed E-state index contributed by atoms with van der Waals surface area (Å²) in [6, 6.07) is 13.6. The summed E-state index contributed by atoms with van der Waals surface area (Å²) < 4.78 is 0. The Kier molecular flexibility index (Phi) is 5.08. The van der Waals surface area contributed by atoms with E-state index in [1.807, 2.05) is 42.5 Å². The number of rotatable bonds is 3. The summed E-state index contributed by atoms with van der Waals surface area (Å²) in [4.78, 5) is 16.1. The molecule has 0 unspecified atom stereocenters. The van der Waals surface area contributed by atoms with Gasteiger partial charge in [0.05, 0.1) is 16.9 Å². The van der Waals surface area contributed by atoms with E-state index in [9.17, 15) is 4.79 Å². The Morgan fingerprint density at radius 3 is 2.60 bits per heavy atom. The maximum Gasteiger partial charge on any atom is 0.291 e. The highest BCUT2D eigenvalue weighted by atomic mass is 35.5. The lowest BCUT2D eigenvalue weighted by molar-refractivity contribution is 0.0950. The third-order valence-electron chi connectivity index (χ3n) is 3.48. The molecule has 8 heteroatoms. The third-order valence-corrected chi connectivity index (χ3v) is 4.62. The van der Waals surface area contributed by atoms with Crippen molar-refractivity contribution in [3.05, 3.63) is 68.9 Å². The van der Waals surface area contributed by atoms with Crippen LogP contribution in [-0.2, 0) is 0 Å². The largest absolute Gasteiger partial charge is 0.396 e. The summed E-state index contributed by atoms with van der Waals surface area (Å²) in [5.74, 6) is -0.647. The molecule has 0 saturated carbocycles. The first-order chi connectivity index (χ1) is 12.0. The fourth-order valence-electron chi connectivity index (χ4n) is 2.26. The van der Waals surface area contributed by atoms with Crippen molar-refractivity contribution in [2.75, 3.05) is 5.73 Å². The number of fused-ring (bicyclic) bond motifs is 1. The SMILES string of the molecule is Nc1c(Cl)c(Cl)nc(C(=O)N/N=C/c2cccc3ccccc23)c1Cl. The Labute approximate surface area is 158 Å². The van der Waals surface area contributed by atoms with Crippen LogP contribution in [0.4, 0.5) is 5.69 Å². The number of nitrogens with one attached hydrogen (secondary N) is 1. The summed E-state index contributed by atoms with van der Waals surface area (Å²) in [6.45, 7) is 0. The maximum atomic E-state index is 12.2. The summed E-state index contributed by atoms with van der Waals surface area (Å²) in [5, 5.41) is 5.85.